The third-order valence-corrected chi connectivity index (χ3v) is 4.91. The molecule has 0 bridgehead atoms. The Bertz CT molecular complexity index is 1060. The van der Waals surface area contributed by atoms with E-state index in [2.05, 4.69) is 20.9 Å². The average molecular weight is 447 g/mol. The van der Waals surface area contributed by atoms with E-state index in [4.69, 9.17) is 21.1 Å². The second kappa shape index (κ2) is 9.95. The van der Waals surface area contributed by atoms with Crippen molar-refractivity contribution < 1.29 is 19.1 Å². The van der Waals surface area contributed by atoms with Crippen molar-refractivity contribution in [3.63, 3.8) is 0 Å². The number of carbonyl (C=O) groups is 2. The molecule has 2 aromatic carbocycles. The maximum Gasteiger partial charge on any atom is 0.325 e. The number of hydrogen-bond donors (Lipinski definition) is 3. The standard InChI is InChI=1S/C20H19ClN4O4S/c1-28-16-7-6-14(9-17(16)29-2)22-18(26)10-15-11-30-20(24-15)25-19(27)23-13-5-3-4-12(21)8-13/h3-9,11H,10H2,1-2H3,(H,22,26)(H2,23,24,25,27). The van der Waals surface area contributed by atoms with Crippen LogP contribution in [0.3, 0.4) is 0 Å². The summed E-state index contributed by atoms with van der Waals surface area (Å²) in [6.45, 7) is 0. The highest BCUT2D eigenvalue weighted by Crippen LogP contribution is 2.29. The highest BCUT2D eigenvalue weighted by Gasteiger charge is 2.12. The van der Waals surface area contributed by atoms with E-state index in [0.717, 1.165) is 0 Å². The van der Waals surface area contributed by atoms with Crippen LogP contribution in [0, 0.1) is 0 Å². The van der Waals surface area contributed by atoms with Crippen molar-refractivity contribution in [2.75, 3.05) is 30.2 Å². The van der Waals surface area contributed by atoms with Gasteiger partial charge in [-0.3, -0.25) is 10.1 Å². The molecule has 3 aromatic rings. The first kappa shape index (κ1) is 21.4. The summed E-state index contributed by atoms with van der Waals surface area (Å²) in [4.78, 5) is 28.7. The zero-order valence-corrected chi connectivity index (χ0v) is 17.8. The molecule has 3 rings (SSSR count). The van der Waals surface area contributed by atoms with Gasteiger partial charge in [0.25, 0.3) is 0 Å². The number of urea groups is 1. The third-order valence-electron chi connectivity index (χ3n) is 3.86. The quantitative estimate of drug-likeness (QED) is 0.490. The summed E-state index contributed by atoms with van der Waals surface area (Å²) in [6.07, 6.45) is 0.0580. The number of rotatable bonds is 7. The normalized spacial score (nSPS) is 10.2. The van der Waals surface area contributed by atoms with Crippen molar-refractivity contribution in [1.29, 1.82) is 0 Å². The number of benzene rings is 2. The molecule has 0 saturated carbocycles. The summed E-state index contributed by atoms with van der Waals surface area (Å²) in [6, 6.07) is 11.4. The molecule has 10 heteroatoms. The van der Waals surface area contributed by atoms with Crippen molar-refractivity contribution in [2.24, 2.45) is 0 Å². The summed E-state index contributed by atoms with van der Waals surface area (Å²) in [5.41, 5.74) is 1.68. The topological polar surface area (TPSA) is 102 Å². The number of anilines is 3. The van der Waals surface area contributed by atoms with E-state index in [-0.39, 0.29) is 12.3 Å². The summed E-state index contributed by atoms with van der Waals surface area (Å²) in [5, 5.41) is 10.7. The molecule has 1 heterocycles. The first-order valence-electron chi connectivity index (χ1n) is 8.76. The Labute approximate surface area is 182 Å². The minimum atomic E-state index is -0.451. The van der Waals surface area contributed by atoms with Gasteiger partial charge in [-0.15, -0.1) is 11.3 Å². The van der Waals surface area contributed by atoms with E-state index in [1.54, 1.807) is 55.0 Å². The largest absolute Gasteiger partial charge is 0.493 e. The number of carbonyl (C=O) groups excluding carboxylic acids is 2. The minimum absolute atomic E-state index is 0.0580. The van der Waals surface area contributed by atoms with Crippen molar-refractivity contribution in [2.45, 2.75) is 6.42 Å². The number of nitrogens with zero attached hydrogens (tertiary/aromatic N) is 1. The Balaban J connectivity index is 1.54. The highest BCUT2D eigenvalue weighted by molar-refractivity contribution is 7.14. The van der Waals surface area contributed by atoms with Gasteiger partial charge in [0.2, 0.25) is 5.91 Å². The van der Waals surface area contributed by atoms with Crippen LogP contribution >= 0.6 is 22.9 Å². The molecule has 0 fully saturated rings. The second-order valence-corrected chi connectivity index (χ2v) is 7.32. The Morgan fingerprint density at radius 2 is 1.77 bits per heavy atom. The van der Waals surface area contributed by atoms with Crippen LogP contribution in [-0.4, -0.2) is 31.1 Å². The lowest BCUT2D eigenvalue weighted by atomic mass is 10.2. The molecule has 3 amide bonds. The molecule has 0 spiro atoms. The summed E-state index contributed by atoms with van der Waals surface area (Å²) in [7, 11) is 3.06. The maximum absolute atomic E-state index is 12.3. The van der Waals surface area contributed by atoms with Crippen molar-refractivity contribution in [1.82, 2.24) is 4.98 Å². The van der Waals surface area contributed by atoms with Crippen molar-refractivity contribution >= 4 is 51.4 Å². The SMILES string of the molecule is COc1ccc(NC(=O)Cc2csc(NC(=O)Nc3cccc(Cl)c3)n2)cc1OC. The second-order valence-electron chi connectivity index (χ2n) is 6.03. The number of halogens is 1. The van der Waals surface area contributed by atoms with Gasteiger partial charge in [0.1, 0.15) is 0 Å². The van der Waals surface area contributed by atoms with Gasteiger partial charge in [0, 0.05) is 27.8 Å². The fourth-order valence-corrected chi connectivity index (χ4v) is 3.45. The molecular weight excluding hydrogens is 428 g/mol. The number of amides is 3. The lowest BCUT2D eigenvalue weighted by molar-refractivity contribution is -0.115. The molecule has 0 aliphatic carbocycles. The molecule has 30 heavy (non-hydrogen) atoms. The monoisotopic (exact) mass is 446 g/mol. The number of aromatic nitrogens is 1. The van der Waals surface area contributed by atoms with Crippen LogP contribution in [-0.2, 0) is 11.2 Å². The first-order valence-corrected chi connectivity index (χ1v) is 10.0. The molecular formula is C20H19ClN4O4S. The number of methoxy groups -OCH3 is 2. The fraction of sp³-hybridized carbons (Fsp3) is 0.150. The number of ether oxygens (including phenoxy) is 2. The molecule has 0 aliphatic heterocycles. The van der Waals surface area contributed by atoms with E-state index in [1.165, 1.54) is 18.4 Å². The molecule has 8 nitrogen and oxygen atoms in total. The molecule has 0 atom stereocenters. The van der Waals surface area contributed by atoms with Crippen molar-refractivity contribution in [3.8, 4) is 11.5 Å². The van der Waals surface area contributed by atoms with Gasteiger partial charge in [-0.25, -0.2) is 9.78 Å². The summed E-state index contributed by atoms with van der Waals surface area (Å²) < 4.78 is 10.4. The van der Waals surface area contributed by atoms with Gasteiger partial charge in [-0.2, -0.15) is 0 Å². The number of nitrogens with one attached hydrogen (secondary N) is 3. The van der Waals surface area contributed by atoms with Crippen LogP contribution in [0.4, 0.5) is 21.3 Å². The Hall–Kier alpha value is -3.30. The molecule has 1 aromatic heterocycles. The smallest absolute Gasteiger partial charge is 0.325 e. The molecule has 0 aliphatic rings. The van der Waals surface area contributed by atoms with E-state index in [1.807, 2.05) is 0 Å². The van der Waals surface area contributed by atoms with Crippen LogP contribution in [0.25, 0.3) is 0 Å². The van der Waals surface area contributed by atoms with Crippen molar-refractivity contribution in [3.05, 3.63) is 58.6 Å². The Kier molecular flexibility index (Phi) is 7.10. The van der Waals surface area contributed by atoms with Gasteiger partial charge < -0.3 is 20.1 Å². The highest BCUT2D eigenvalue weighted by atomic mass is 35.5. The lowest BCUT2D eigenvalue weighted by Gasteiger charge is -2.10. The van der Waals surface area contributed by atoms with Gasteiger partial charge in [-0.1, -0.05) is 17.7 Å². The maximum atomic E-state index is 12.3. The van der Waals surface area contributed by atoms with Crippen LogP contribution in [0.15, 0.2) is 47.8 Å². The van der Waals surface area contributed by atoms with Gasteiger partial charge in [0.05, 0.1) is 26.3 Å². The molecule has 0 saturated heterocycles. The van der Waals surface area contributed by atoms with E-state index >= 15 is 0 Å². The van der Waals surface area contributed by atoms with Gasteiger partial charge in [0.15, 0.2) is 16.6 Å². The molecule has 3 N–H and O–H groups in total. The van der Waals surface area contributed by atoms with Crippen LogP contribution < -0.4 is 25.4 Å². The molecule has 0 radical (unpaired) electrons. The minimum Gasteiger partial charge on any atom is -0.493 e. The first-order chi connectivity index (χ1) is 14.5. The van der Waals surface area contributed by atoms with Gasteiger partial charge >= 0.3 is 6.03 Å². The Morgan fingerprint density at radius 1 is 1.00 bits per heavy atom. The summed E-state index contributed by atoms with van der Waals surface area (Å²) in [5.74, 6) is 0.838. The predicted octanol–water partition coefficient (Wildman–Crippen LogP) is 4.64. The predicted molar refractivity (Wildman–Crippen MR) is 118 cm³/mol. The van der Waals surface area contributed by atoms with E-state index in [9.17, 15) is 9.59 Å². The zero-order valence-electron chi connectivity index (χ0n) is 16.2. The summed E-state index contributed by atoms with van der Waals surface area (Å²) >= 11 is 7.12. The van der Waals surface area contributed by atoms with Crippen LogP contribution in [0.1, 0.15) is 5.69 Å². The Morgan fingerprint density at radius 3 is 2.50 bits per heavy atom. The zero-order chi connectivity index (χ0) is 21.5. The van der Waals surface area contributed by atoms with Crippen LogP contribution in [0.2, 0.25) is 5.02 Å². The van der Waals surface area contributed by atoms with E-state index in [0.29, 0.717) is 38.7 Å². The van der Waals surface area contributed by atoms with E-state index < -0.39 is 6.03 Å². The number of hydrogen-bond acceptors (Lipinski definition) is 6. The number of thiazole rings is 1. The van der Waals surface area contributed by atoms with Crippen LogP contribution in [0.5, 0.6) is 11.5 Å². The molecule has 0 unspecified atom stereocenters. The average Bonchev–Trinajstić information content (AvgIpc) is 3.14. The fourth-order valence-electron chi connectivity index (χ4n) is 2.55. The molecule has 156 valence electrons. The lowest BCUT2D eigenvalue weighted by Crippen LogP contribution is -2.19. The third kappa shape index (κ3) is 5.85. The van der Waals surface area contributed by atoms with Gasteiger partial charge in [-0.05, 0) is 30.3 Å².